The van der Waals surface area contributed by atoms with Crippen molar-refractivity contribution in [2.24, 2.45) is 0 Å². The molecule has 0 aliphatic carbocycles. The highest BCUT2D eigenvalue weighted by atomic mass is 32.2. The molecule has 0 radical (unpaired) electrons. The van der Waals surface area contributed by atoms with Gasteiger partial charge in [-0.2, -0.15) is 21.6 Å². The molecule has 0 saturated heterocycles. The molecule has 0 aromatic carbocycles. The first-order chi connectivity index (χ1) is 7.63. The van der Waals surface area contributed by atoms with Crippen molar-refractivity contribution in [2.75, 3.05) is 6.54 Å². The van der Waals surface area contributed by atoms with Crippen LogP contribution in [0.1, 0.15) is 0 Å². The highest BCUT2D eigenvalue weighted by molar-refractivity contribution is 7.87. The van der Waals surface area contributed by atoms with Gasteiger partial charge in [0.1, 0.15) is 0 Å². The molecule has 0 bridgehead atoms. The number of hydrogen-bond donors (Lipinski definition) is 1. The van der Waals surface area contributed by atoms with Gasteiger partial charge < -0.3 is 5.11 Å². The van der Waals surface area contributed by atoms with Crippen molar-refractivity contribution in [3.63, 3.8) is 0 Å². The summed E-state index contributed by atoms with van der Waals surface area (Å²) in [4.78, 5) is 10.5. The largest absolute Gasteiger partial charge is 0.525 e. The molecular formula is C7H6F3NO5S. The molecule has 1 aliphatic heterocycles. The number of hydrogen-bond acceptors (Lipinski definition) is 5. The lowest BCUT2D eigenvalue weighted by Gasteiger charge is -2.20. The first kappa shape index (κ1) is 13.5. The van der Waals surface area contributed by atoms with Crippen molar-refractivity contribution >= 4 is 16.1 Å². The van der Waals surface area contributed by atoms with Crippen molar-refractivity contribution in [1.29, 1.82) is 0 Å². The molecule has 0 aromatic rings. The van der Waals surface area contributed by atoms with Gasteiger partial charge in [0, 0.05) is 6.20 Å². The fourth-order valence-electron chi connectivity index (χ4n) is 0.881. The summed E-state index contributed by atoms with van der Waals surface area (Å²) in [6.07, 6.45) is 2.91. The number of halogens is 3. The van der Waals surface area contributed by atoms with Crippen molar-refractivity contribution in [3.8, 4) is 0 Å². The number of alkyl halides is 3. The highest BCUT2D eigenvalue weighted by Gasteiger charge is 2.49. The molecular weight excluding hydrogens is 267 g/mol. The molecule has 1 N–H and O–H groups in total. The maximum Gasteiger partial charge on any atom is 0.525 e. The third-order valence-corrected chi connectivity index (χ3v) is 2.54. The Morgan fingerprint density at radius 3 is 2.53 bits per heavy atom. The Morgan fingerprint density at radius 2 is 2.06 bits per heavy atom. The minimum absolute atomic E-state index is 0.270. The molecule has 17 heavy (non-hydrogen) atoms. The van der Waals surface area contributed by atoms with E-state index in [1.165, 1.54) is 0 Å². The van der Waals surface area contributed by atoms with Crippen molar-refractivity contribution in [1.82, 2.24) is 5.06 Å². The van der Waals surface area contributed by atoms with Crippen LogP contribution in [0, 0.1) is 0 Å². The minimum atomic E-state index is -5.79. The van der Waals surface area contributed by atoms with E-state index >= 15 is 0 Å². The summed E-state index contributed by atoms with van der Waals surface area (Å²) in [5.41, 5.74) is -5.96. The molecule has 0 saturated carbocycles. The van der Waals surface area contributed by atoms with E-state index in [1.807, 2.05) is 0 Å². The second-order valence-corrected chi connectivity index (χ2v) is 4.39. The van der Waals surface area contributed by atoms with Crippen LogP contribution in [-0.4, -0.2) is 36.6 Å². The van der Waals surface area contributed by atoms with Gasteiger partial charge in [0.15, 0.2) is 0 Å². The summed E-state index contributed by atoms with van der Waals surface area (Å²) >= 11 is 0. The molecule has 1 aliphatic rings. The number of carboxylic acid groups (broad SMARTS) is 1. The molecule has 0 aromatic heterocycles. The van der Waals surface area contributed by atoms with Crippen molar-refractivity contribution in [2.45, 2.75) is 5.51 Å². The fourth-order valence-corrected chi connectivity index (χ4v) is 1.32. The second kappa shape index (κ2) is 4.37. The van der Waals surface area contributed by atoms with Gasteiger partial charge in [0.05, 0.1) is 12.1 Å². The predicted octanol–water partition coefficient (Wildman–Crippen LogP) is 0.608. The fraction of sp³-hybridized carbons (Fsp3) is 0.286. The lowest BCUT2D eigenvalue weighted by atomic mass is 10.2. The van der Waals surface area contributed by atoms with Crippen LogP contribution in [0.4, 0.5) is 13.2 Å². The van der Waals surface area contributed by atoms with Crippen LogP contribution < -0.4 is 0 Å². The Labute approximate surface area is 93.7 Å². The Morgan fingerprint density at radius 1 is 1.47 bits per heavy atom. The van der Waals surface area contributed by atoms with Gasteiger partial charge in [0.2, 0.25) is 0 Å². The lowest BCUT2D eigenvalue weighted by molar-refractivity contribution is -0.132. The monoisotopic (exact) mass is 273 g/mol. The number of carboxylic acids is 1. The molecule has 1 rings (SSSR count). The van der Waals surface area contributed by atoms with E-state index in [4.69, 9.17) is 5.11 Å². The molecule has 6 nitrogen and oxygen atoms in total. The predicted molar refractivity (Wildman–Crippen MR) is 47.6 cm³/mol. The van der Waals surface area contributed by atoms with E-state index in [2.05, 4.69) is 4.28 Å². The summed E-state index contributed by atoms with van der Waals surface area (Å²) in [5.74, 6) is -1.42. The number of rotatable bonds is 3. The average molecular weight is 273 g/mol. The van der Waals surface area contributed by atoms with Crippen LogP contribution in [-0.2, 0) is 19.2 Å². The van der Waals surface area contributed by atoms with Crippen LogP contribution in [0.25, 0.3) is 0 Å². The Hall–Kier alpha value is -1.55. The minimum Gasteiger partial charge on any atom is -0.478 e. The summed E-state index contributed by atoms with van der Waals surface area (Å²) in [7, 11) is -5.79. The average Bonchev–Trinajstić information content (AvgIpc) is 2.15. The zero-order chi connectivity index (χ0) is 13.3. The summed E-state index contributed by atoms with van der Waals surface area (Å²) in [5, 5.41) is 8.81. The highest BCUT2D eigenvalue weighted by Crippen LogP contribution is 2.26. The molecule has 96 valence electrons. The zero-order valence-corrected chi connectivity index (χ0v) is 8.83. The van der Waals surface area contributed by atoms with Crippen LogP contribution in [0.15, 0.2) is 23.9 Å². The smallest absolute Gasteiger partial charge is 0.478 e. The summed E-state index contributed by atoms with van der Waals surface area (Å²) in [6.45, 7) is -0.313. The van der Waals surface area contributed by atoms with Gasteiger partial charge in [-0.25, -0.2) is 9.86 Å². The van der Waals surface area contributed by atoms with E-state index in [1.54, 1.807) is 0 Å². The Balaban J connectivity index is 2.86. The maximum absolute atomic E-state index is 11.9. The van der Waals surface area contributed by atoms with Crippen LogP contribution >= 0.6 is 0 Å². The Kier molecular flexibility index (Phi) is 3.48. The summed E-state index contributed by atoms with van der Waals surface area (Å²) < 4.78 is 60.8. The topological polar surface area (TPSA) is 83.9 Å². The lowest BCUT2D eigenvalue weighted by Crippen LogP contribution is -2.33. The third kappa shape index (κ3) is 3.20. The molecule has 10 heteroatoms. The zero-order valence-electron chi connectivity index (χ0n) is 8.01. The van der Waals surface area contributed by atoms with Crippen LogP contribution in [0.2, 0.25) is 0 Å². The van der Waals surface area contributed by atoms with E-state index < -0.39 is 27.2 Å². The third-order valence-electron chi connectivity index (χ3n) is 1.59. The number of nitrogens with zero attached hydrogens (tertiary/aromatic N) is 1. The van der Waals surface area contributed by atoms with Crippen molar-refractivity contribution < 1.29 is 35.8 Å². The van der Waals surface area contributed by atoms with Crippen LogP contribution in [0.5, 0.6) is 0 Å². The van der Waals surface area contributed by atoms with Gasteiger partial charge in [0.25, 0.3) is 0 Å². The molecule has 0 unspecified atom stereocenters. The number of carbonyl (C=O) groups is 1. The van der Waals surface area contributed by atoms with Gasteiger partial charge in [-0.05, 0) is 6.08 Å². The normalized spacial score (nSPS) is 16.9. The van der Waals surface area contributed by atoms with E-state index in [9.17, 15) is 26.4 Å². The quantitative estimate of drug-likeness (QED) is 0.758. The molecule has 0 fully saturated rings. The van der Waals surface area contributed by atoms with E-state index in [-0.39, 0.29) is 11.6 Å². The molecule has 0 amide bonds. The van der Waals surface area contributed by atoms with Gasteiger partial charge >= 0.3 is 21.6 Å². The number of hydroxylamine groups is 2. The Bertz CT molecular complexity index is 478. The SMILES string of the molecule is O=C(O)C1=CN(OS(=O)(=O)C(F)(F)F)CC=C1. The molecule has 1 heterocycles. The van der Waals surface area contributed by atoms with E-state index in [0.29, 0.717) is 6.20 Å². The maximum atomic E-state index is 11.9. The second-order valence-electron chi connectivity index (χ2n) is 2.87. The van der Waals surface area contributed by atoms with Crippen molar-refractivity contribution in [3.05, 3.63) is 23.9 Å². The van der Waals surface area contributed by atoms with Crippen LogP contribution in [0.3, 0.4) is 0 Å². The van der Waals surface area contributed by atoms with E-state index in [0.717, 1.165) is 12.2 Å². The van der Waals surface area contributed by atoms with Gasteiger partial charge in [-0.15, -0.1) is 4.28 Å². The van der Waals surface area contributed by atoms with Gasteiger partial charge in [-0.1, -0.05) is 6.08 Å². The standard InChI is InChI=1S/C7H6F3NO5S/c8-7(9,10)17(14,15)16-11-3-1-2-5(4-11)6(12)13/h1-2,4H,3H2,(H,12,13). The first-order valence-corrected chi connectivity index (χ1v) is 5.43. The first-order valence-electron chi connectivity index (χ1n) is 4.02. The van der Waals surface area contributed by atoms with Gasteiger partial charge in [-0.3, -0.25) is 0 Å². The molecule has 0 atom stereocenters. The number of aliphatic carboxylic acids is 1. The summed E-state index contributed by atoms with van der Waals surface area (Å²) in [6, 6.07) is 0. The molecule has 0 spiro atoms.